The van der Waals surface area contributed by atoms with Gasteiger partial charge in [-0.05, 0) is 53.2 Å². The van der Waals surface area contributed by atoms with Gasteiger partial charge in [0.25, 0.3) is 0 Å². The first kappa shape index (κ1) is 11.0. The molecule has 3 nitrogen and oxygen atoms in total. The van der Waals surface area contributed by atoms with Crippen LogP contribution in [0.4, 0.5) is 0 Å². The fourth-order valence-corrected chi connectivity index (χ4v) is 3.55. The molecule has 1 aliphatic heterocycles. The number of aromatic nitrogens is 1. The van der Waals surface area contributed by atoms with Crippen LogP contribution in [0.25, 0.3) is 0 Å². The van der Waals surface area contributed by atoms with E-state index in [-0.39, 0.29) is 11.4 Å². The molecule has 0 radical (unpaired) electrons. The summed E-state index contributed by atoms with van der Waals surface area (Å²) >= 11 is 3.45. The molecule has 0 aromatic carbocycles. The van der Waals surface area contributed by atoms with Crippen LogP contribution in [-0.2, 0) is 9.53 Å². The highest BCUT2D eigenvalue weighted by Crippen LogP contribution is 2.65. The third-order valence-electron chi connectivity index (χ3n) is 4.53. The summed E-state index contributed by atoms with van der Waals surface area (Å²) in [5, 5.41) is 0. The van der Waals surface area contributed by atoms with Gasteiger partial charge in [0.2, 0.25) is 0 Å². The summed E-state index contributed by atoms with van der Waals surface area (Å²) in [6.45, 7) is 0.595. The molecular weight excluding hydrogens is 294 g/mol. The molecule has 2 heterocycles. The van der Waals surface area contributed by atoms with Gasteiger partial charge in [-0.1, -0.05) is 6.07 Å². The predicted molar refractivity (Wildman–Crippen MR) is 69.3 cm³/mol. The van der Waals surface area contributed by atoms with Crippen molar-refractivity contribution in [1.29, 1.82) is 0 Å². The average molecular weight is 308 g/mol. The van der Waals surface area contributed by atoms with Crippen molar-refractivity contribution in [3.63, 3.8) is 0 Å². The number of carbonyl (C=O) groups excluding carboxylic acids is 1. The molecule has 4 heteroatoms. The Hall–Kier alpha value is -0.900. The lowest BCUT2D eigenvalue weighted by Gasteiger charge is -2.10. The van der Waals surface area contributed by atoms with Crippen molar-refractivity contribution in [1.82, 2.24) is 4.98 Å². The maximum absolute atomic E-state index is 11.9. The van der Waals surface area contributed by atoms with Gasteiger partial charge >= 0.3 is 5.97 Å². The van der Waals surface area contributed by atoms with Crippen LogP contribution < -0.4 is 0 Å². The molecule has 2 saturated carbocycles. The van der Waals surface area contributed by atoms with E-state index in [4.69, 9.17) is 4.74 Å². The van der Waals surface area contributed by atoms with Crippen LogP contribution in [0.3, 0.4) is 0 Å². The number of hydrogen-bond donors (Lipinski definition) is 0. The number of pyridine rings is 1. The molecule has 0 amide bonds. The summed E-state index contributed by atoms with van der Waals surface area (Å²) in [6.07, 6.45) is 4.31. The maximum atomic E-state index is 11.9. The van der Waals surface area contributed by atoms with Crippen molar-refractivity contribution in [2.45, 2.75) is 37.5 Å². The Morgan fingerprint density at radius 1 is 1.39 bits per heavy atom. The van der Waals surface area contributed by atoms with Gasteiger partial charge < -0.3 is 4.74 Å². The second-order valence-corrected chi connectivity index (χ2v) is 6.49. The van der Waals surface area contributed by atoms with E-state index in [0.717, 1.165) is 17.4 Å². The third kappa shape index (κ3) is 1.48. The van der Waals surface area contributed by atoms with E-state index in [2.05, 4.69) is 27.0 Å². The Bertz CT molecular complexity index is 541. The number of halogens is 1. The summed E-state index contributed by atoms with van der Waals surface area (Å²) in [7, 11) is 0. The van der Waals surface area contributed by atoms with E-state index in [1.165, 1.54) is 24.1 Å². The molecule has 94 valence electrons. The third-order valence-corrected chi connectivity index (χ3v) is 4.97. The van der Waals surface area contributed by atoms with Gasteiger partial charge in [-0.25, -0.2) is 4.98 Å². The fourth-order valence-electron chi connectivity index (χ4n) is 3.23. The Balaban J connectivity index is 1.72. The number of hydrogen-bond acceptors (Lipinski definition) is 3. The van der Waals surface area contributed by atoms with Crippen molar-refractivity contribution >= 4 is 21.9 Å². The lowest BCUT2D eigenvalue weighted by atomic mass is 9.95. The Labute approximate surface area is 114 Å². The zero-order valence-electron chi connectivity index (χ0n) is 9.99. The van der Waals surface area contributed by atoms with Gasteiger partial charge in [-0.15, -0.1) is 0 Å². The van der Waals surface area contributed by atoms with Crippen molar-refractivity contribution in [3.05, 3.63) is 28.0 Å². The topological polar surface area (TPSA) is 39.2 Å². The monoisotopic (exact) mass is 307 g/mol. The van der Waals surface area contributed by atoms with Gasteiger partial charge in [-0.2, -0.15) is 0 Å². The molecule has 3 fully saturated rings. The van der Waals surface area contributed by atoms with Crippen LogP contribution in [0.15, 0.2) is 16.7 Å². The highest BCUT2D eigenvalue weighted by atomic mass is 79.9. The van der Waals surface area contributed by atoms with Crippen LogP contribution in [0.2, 0.25) is 0 Å². The minimum Gasteiger partial charge on any atom is -0.465 e. The van der Waals surface area contributed by atoms with Gasteiger partial charge in [0.1, 0.15) is 4.60 Å². The summed E-state index contributed by atoms with van der Waals surface area (Å²) < 4.78 is 6.05. The Kier molecular flexibility index (Phi) is 2.17. The number of nitrogens with zero attached hydrogens (tertiary/aromatic N) is 1. The fraction of sp³-hybridized carbons (Fsp3) is 0.571. The largest absolute Gasteiger partial charge is 0.465 e. The quantitative estimate of drug-likeness (QED) is 0.622. The number of carbonyl (C=O) groups is 1. The number of esters is 1. The molecule has 2 atom stereocenters. The molecule has 0 unspecified atom stereocenters. The minimum absolute atomic E-state index is 0.0113. The summed E-state index contributed by atoms with van der Waals surface area (Å²) in [5.41, 5.74) is 2.31. The van der Waals surface area contributed by atoms with E-state index < -0.39 is 0 Å². The second-order valence-electron chi connectivity index (χ2n) is 5.68. The van der Waals surface area contributed by atoms with Gasteiger partial charge in [0.15, 0.2) is 0 Å². The highest BCUT2D eigenvalue weighted by Gasteiger charge is 2.64. The second kappa shape index (κ2) is 3.56. The van der Waals surface area contributed by atoms with Crippen LogP contribution >= 0.6 is 15.9 Å². The van der Waals surface area contributed by atoms with Crippen LogP contribution in [0, 0.1) is 5.41 Å². The molecule has 18 heavy (non-hydrogen) atoms. The Morgan fingerprint density at radius 2 is 2.22 bits per heavy atom. The first-order chi connectivity index (χ1) is 8.71. The van der Waals surface area contributed by atoms with Crippen molar-refractivity contribution in [2.24, 2.45) is 5.41 Å². The van der Waals surface area contributed by atoms with Gasteiger partial charge in [0.05, 0.1) is 12.0 Å². The Morgan fingerprint density at radius 3 is 2.89 bits per heavy atom. The van der Waals surface area contributed by atoms with E-state index >= 15 is 0 Å². The van der Waals surface area contributed by atoms with Crippen LogP contribution in [-0.4, -0.2) is 17.6 Å². The molecule has 1 aromatic rings. The minimum atomic E-state index is -0.195. The molecular formula is C14H14BrNO2. The van der Waals surface area contributed by atoms with Crippen LogP contribution in [0.1, 0.15) is 48.8 Å². The first-order valence-electron chi connectivity index (χ1n) is 6.54. The zero-order valence-corrected chi connectivity index (χ0v) is 11.6. The summed E-state index contributed by atoms with van der Waals surface area (Å²) in [6, 6.07) is 4.14. The smallest absolute Gasteiger partial charge is 0.312 e. The first-order valence-corrected chi connectivity index (χ1v) is 7.33. The molecule has 1 saturated heterocycles. The van der Waals surface area contributed by atoms with E-state index in [9.17, 15) is 4.79 Å². The van der Waals surface area contributed by atoms with E-state index in [0.29, 0.717) is 18.4 Å². The molecule has 1 spiro atoms. The highest BCUT2D eigenvalue weighted by molar-refractivity contribution is 9.10. The van der Waals surface area contributed by atoms with Crippen molar-refractivity contribution in [3.8, 4) is 0 Å². The molecule has 2 aliphatic carbocycles. The lowest BCUT2D eigenvalue weighted by Crippen LogP contribution is -2.11. The van der Waals surface area contributed by atoms with Crippen LogP contribution in [0.5, 0.6) is 0 Å². The normalized spacial score (nSPS) is 33.8. The summed E-state index contributed by atoms with van der Waals surface area (Å²) in [5.74, 6) is 0.980. The molecule has 0 N–H and O–H groups in total. The zero-order chi connectivity index (χ0) is 12.3. The number of cyclic esters (lactones) is 1. The number of rotatable bonds is 2. The lowest BCUT2D eigenvalue weighted by molar-refractivity contribution is -0.142. The molecule has 1 aromatic heterocycles. The SMILES string of the molecule is O=C1OCC[C@@]12C[C@@H]2c1ccc(Br)nc1C1CC1. The van der Waals surface area contributed by atoms with Gasteiger partial charge in [0, 0.05) is 17.5 Å². The molecule has 3 aliphatic rings. The van der Waals surface area contributed by atoms with E-state index in [1.54, 1.807) is 0 Å². The maximum Gasteiger partial charge on any atom is 0.312 e. The average Bonchev–Trinajstić information content (AvgIpc) is 3.21. The van der Waals surface area contributed by atoms with E-state index in [1.807, 2.05) is 6.07 Å². The summed E-state index contributed by atoms with van der Waals surface area (Å²) in [4.78, 5) is 16.5. The van der Waals surface area contributed by atoms with Crippen molar-refractivity contribution < 1.29 is 9.53 Å². The predicted octanol–water partition coefficient (Wildman–Crippen LogP) is 3.14. The number of ether oxygens (including phenoxy) is 1. The van der Waals surface area contributed by atoms with Gasteiger partial charge in [-0.3, -0.25) is 4.79 Å². The molecule has 0 bridgehead atoms. The van der Waals surface area contributed by atoms with Crippen molar-refractivity contribution in [2.75, 3.05) is 6.61 Å². The molecule has 4 rings (SSSR count). The standard InChI is InChI=1S/C14H14BrNO2/c15-11-4-3-9(12(16-11)8-1-2-8)10-7-14(10)5-6-18-13(14)17/h3-4,8,10H,1-2,5-7H2/t10-,14+/m1/s1.